The molecule has 0 aliphatic heterocycles. The summed E-state index contributed by atoms with van der Waals surface area (Å²) in [5, 5.41) is 47.4. The number of phenols is 5. The van der Waals surface area contributed by atoms with E-state index in [9.17, 15) is 25.5 Å². The zero-order valence-corrected chi connectivity index (χ0v) is 26.0. The second-order valence-corrected chi connectivity index (χ2v) is 11.1. The van der Waals surface area contributed by atoms with Crippen molar-refractivity contribution >= 4 is 0 Å². The largest absolute Gasteiger partial charge is 0.508 e. The molecule has 5 N–H and O–H groups in total. The normalized spacial score (nSPS) is 10.3. The van der Waals surface area contributed by atoms with Crippen LogP contribution in [0.2, 0.25) is 0 Å². The molecule has 43 heavy (non-hydrogen) atoms. The number of hydrogen-bond donors (Lipinski definition) is 5. The highest BCUT2D eigenvalue weighted by atomic mass is 16.3. The molecule has 5 aromatic carbocycles. The standard InChI is InChI=1S/C15H16O2.C14H14O2.C9H12O/c1-10-7-12(3-5-14(10)16)9-13-4-6-15(17)11(2)8-13;1-9-3-5-11(7-13(9)15)12-6-4-10(2)14(16)8-12;1-6-4-8(3)9(10)5-7(6)2/h3-8,16-17H,9H2,1-2H3;3-8,15-16H,1-2H3;4-5,10H,1-3H3. The molecule has 0 amide bonds. The Morgan fingerprint density at radius 3 is 1.07 bits per heavy atom. The van der Waals surface area contributed by atoms with Crippen LogP contribution >= 0.6 is 0 Å². The minimum atomic E-state index is 0.276. The summed E-state index contributed by atoms with van der Waals surface area (Å²) in [5.74, 6) is 1.60. The van der Waals surface area contributed by atoms with Crippen LogP contribution in [0.1, 0.15) is 50.1 Å². The van der Waals surface area contributed by atoms with Crippen molar-refractivity contribution in [2.45, 2.75) is 54.9 Å². The van der Waals surface area contributed by atoms with Crippen molar-refractivity contribution in [2.75, 3.05) is 0 Å². The molecule has 0 bridgehead atoms. The molecule has 5 nitrogen and oxygen atoms in total. The summed E-state index contributed by atoms with van der Waals surface area (Å²) >= 11 is 0. The van der Waals surface area contributed by atoms with Crippen molar-refractivity contribution < 1.29 is 25.5 Å². The molecule has 0 unspecified atom stereocenters. The molecule has 0 spiro atoms. The summed E-state index contributed by atoms with van der Waals surface area (Å²) in [6.45, 7) is 13.4. The Kier molecular flexibility index (Phi) is 10.9. The third-order valence-corrected chi connectivity index (χ3v) is 7.49. The Labute approximate surface area is 255 Å². The van der Waals surface area contributed by atoms with Crippen molar-refractivity contribution in [1.82, 2.24) is 0 Å². The molecule has 5 rings (SSSR count). The van der Waals surface area contributed by atoms with Crippen molar-refractivity contribution in [1.29, 1.82) is 0 Å². The first-order chi connectivity index (χ1) is 20.2. The second kappa shape index (κ2) is 14.3. The summed E-state index contributed by atoms with van der Waals surface area (Å²) in [4.78, 5) is 0. The van der Waals surface area contributed by atoms with Crippen LogP contribution in [0.5, 0.6) is 28.7 Å². The molecule has 5 aromatic rings. The van der Waals surface area contributed by atoms with Gasteiger partial charge in [-0.15, -0.1) is 0 Å². The van der Waals surface area contributed by atoms with Gasteiger partial charge in [-0.3, -0.25) is 0 Å². The molecule has 0 fully saturated rings. The average Bonchev–Trinajstić information content (AvgIpc) is 2.95. The quantitative estimate of drug-likeness (QED) is 0.147. The van der Waals surface area contributed by atoms with Crippen LogP contribution in [0.3, 0.4) is 0 Å². The molecule has 0 radical (unpaired) electrons. The average molecular weight is 579 g/mol. The zero-order chi connectivity index (χ0) is 31.8. The van der Waals surface area contributed by atoms with E-state index in [4.69, 9.17) is 0 Å². The highest BCUT2D eigenvalue weighted by Crippen LogP contribution is 2.29. The molecule has 5 heteroatoms. The fraction of sp³-hybridized carbons (Fsp3) is 0.211. The van der Waals surface area contributed by atoms with Crippen molar-refractivity contribution in [3.05, 3.63) is 135 Å². The van der Waals surface area contributed by atoms with Gasteiger partial charge in [-0.2, -0.15) is 0 Å². The Morgan fingerprint density at radius 1 is 0.326 bits per heavy atom. The van der Waals surface area contributed by atoms with Crippen LogP contribution in [0.25, 0.3) is 11.1 Å². The fourth-order valence-electron chi connectivity index (χ4n) is 4.41. The second-order valence-electron chi connectivity index (χ2n) is 11.1. The minimum Gasteiger partial charge on any atom is -0.508 e. The lowest BCUT2D eigenvalue weighted by Crippen LogP contribution is -1.90. The van der Waals surface area contributed by atoms with Gasteiger partial charge in [0.25, 0.3) is 0 Å². The molecular formula is C38H42O5. The number of aromatic hydroxyl groups is 5. The van der Waals surface area contributed by atoms with E-state index in [0.29, 0.717) is 17.2 Å². The lowest BCUT2D eigenvalue weighted by Gasteiger charge is -2.06. The van der Waals surface area contributed by atoms with E-state index in [1.54, 1.807) is 30.3 Å². The maximum Gasteiger partial charge on any atom is 0.119 e. The molecule has 0 aromatic heterocycles. The predicted molar refractivity (Wildman–Crippen MR) is 175 cm³/mol. The molecule has 0 aliphatic rings. The van der Waals surface area contributed by atoms with Crippen molar-refractivity contribution in [3.63, 3.8) is 0 Å². The molecule has 0 saturated heterocycles. The summed E-state index contributed by atoms with van der Waals surface area (Å²) in [7, 11) is 0. The van der Waals surface area contributed by atoms with Gasteiger partial charge in [-0.25, -0.2) is 0 Å². The first kappa shape index (κ1) is 32.6. The van der Waals surface area contributed by atoms with E-state index in [1.165, 1.54) is 5.56 Å². The van der Waals surface area contributed by atoms with Crippen LogP contribution in [0, 0.1) is 48.5 Å². The van der Waals surface area contributed by atoms with E-state index in [1.807, 2.05) is 103 Å². The van der Waals surface area contributed by atoms with Gasteiger partial charge >= 0.3 is 0 Å². The van der Waals surface area contributed by atoms with Gasteiger partial charge in [-0.1, -0.05) is 54.6 Å². The maximum absolute atomic E-state index is 9.62. The Balaban J connectivity index is 0.000000183. The van der Waals surface area contributed by atoms with Gasteiger partial charge in [0.05, 0.1) is 0 Å². The van der Waals surface area contributed by atoms with Gasteiger partial charge < -0.3 is 25.5 Å². The van der Waals surface area contributed by atoms with E-state index >= 15 is 0 Å². The Hall–Kier alpha value is -4.90. The highest BCUT2D eigenvalue weighted by Gasteiger charge is 2.04. The number of aryl methyl sites for hydroxylation is 7. The molecular weight excluding hydrogens is 536 g/mol. The van der Waals surface area contributed by atoms with Gasteiger partial charge in [0.15, 0.2) is 0 Å². The monoisotopic (exact) mass is 578 g/mol. The third kappa shape index (κ3) is 9.04. The first-order valence-corrected chi connectivity index (χ1v) is 14.2. The molecule has 0 heterocycles. The van der Waals surface area contributed by atoms with E-state index in [2.05, 4.69) is 0 Å². The molecule has 0 atom stereocenters. The summed E-state index contributed by atoms with van der Waals surface area (Å²) in [6, 6.07) is 26.0. The smallest absolute Gasteiger partial charge is 0.119 e. The summed E-state index contributed by atoms with van der Waals surface area (Å²) in [5.41, 5.74) is 10.9. The summed E-state index contributed by atoms with van der Waals surface area (Å²) in [6.07, 6.45) is 0.808. The van der Waals surface area contributed by atoms with Crippen LogP contribution in [0.4, 0.5) is 0 Å². The van der Waals surface area contributed by atoms with Gasteiger partial charge in [0.1, 0.15) is 28.7 Å². The maximum atomic E-state index is 9.62. The number of phenolic OH excluding ortho intramolecular Hbond substituents is 5. The zero-order valence-electron chi connectivity index (χ0n) is 26.0. The molecule has 0 saturated carbocycles. The van der Waals surface area contributed by atoms with E-state index in [-0.39, 0.29) is 11.5 Å². The number of hydrogen-bond acceptors (Lipinski definition) is 5. The summed E-state index contributed by atoms with van der Waals surface area (Å²) < 4.78 is 0. The van der Waals surface area contributed by atoms with Crippen LogP contribution in [0.15, 0.2) is 84.9 Å². The Morgan fingerprint density at radius 2 is 0.698 bits per heavy atom. The van der Waals surface area contributed by atoms with Crippen LogP contribution < -0.4 is 0 Å². The fourth-order valence-corrected chi connectivity index (χ4v) is 4.41. The predicted octanol–water partition coefficient (Wildman–Crippen LogP) is 9.00. The minimum absolute atomic E-state index is 0.276. The number of benzene rings is 5. The molecule has 224 valence electrons. The van der Waals surface area contributed by atoms with E-state index < -0.39 is 0 Å². The highest BCUT2D eigenvalue weighted by molar-refractivity contribution is 5.68. The van der Waals surface area contributed by atoms with Gasteiger partial charge in [-0.05, 0) is 146 Å². The topological polar surface area (TPSA) is 101 Å². The Bertz CT molecular complexity index is 1570. The number of rotatable bonds is 3. The lowest BCUT2D eigenvalue weighted by molar-refractivity contribution is 0.470. The van der Waals surface area contributed by atoms with Gasteiger partial charge in [0, 0.05) is 0 Å². The lowest BCUT2D eigenvalue weighted by atomic mass is 10.0. The van der Waals surface area contributed by atoms with Crippen LogP contribution in [-0.2, 0) is 6.42 Å². The molecule has 0 aliphatic carbocycles. The van der Waals surface area contributed by atoms with Crippen molar-refractivity contribution in [3.8, 4) is 39.9 Å². The third-order valence-electron chi connectivity index (χ3n) is 7.49. The first-order valence-electron chi connectivity index (χ1n) is 14.2. The van der Waals surface area contributed by atoms with E-state index in [0.717, 1.165) is 62.1 Å². The van der Waals surface area contributed by atoms with Crippen LogP contribution in [-0.4, -0.2) is 25.5 Å². The SMILES string of the molecule is Cc1cc(C)c(O)cc1C.Cc1cc(Cc2ccc(O)c(C)c2)ccc1O.Cc1ccc(-c2ccc(C)c(O)c2)cc1O. The van der Waals surface area contributed by atoms with Crippen molar-refractivity contribution in [2.24, 2.45) is 0 Å². The van der Waals surface area contributed by atoms with Gasteiger partial charge in [0.2, 0.25) is 0 Å².